The van der Waals surface area contributed by atoms with E-state index in [1.165, 1.54) is 0 Å². The molecule has 1 N–H and O–H groups in total. The molecule has 1 aliphatic heterocycles. The lowest BCUT2D eigenvalue weighted by molar-refractivity contribution is 0.00804. The molecule has 72 valence electrons. The first-order valence-electron chi connectivity index (χ1n) is 4.27. The summed E-state index contributed by atoms with van der Waals surface area (Å²) >= 11 is 0. The number of nitrogens with one attached hydrogen (secondary N) is 1. The van der Waals surface area contributed by atoms with Crippen molar-refractivity contribution < 1.29 is 13.5 Å². The Balaban J connectivity index is 2.13. The largest absolute Gasteiger partial charge is 0.380 e. The van der Waals surface area contributed by atoms with Gasteiger partial charge in [0.15, 0.2) is 0 Å². The van der Waals surface area contributed by atoms with Crippen molar-refractivity contribution >= 4 is 0 Å². The second kappa shape index (κ2) is 4.14. The summed E-state index contributed by atoms with van der Waals surface area (Å²) in [5.41, 5.74) is 0. The highest BCUT2D eigenvalue weighted by Gasteiger charge is 2.23. The summed E-state index contributed by atoms with van der Waals surface area (Å²) in [4.78, 5) is 0. The summed E-state index contributed by atoms with van der Waals surface area (Å²) < 4.78 is 29.9. The van der Waals surface area contributed by atoms with Crippen molar-refractivity contribution in [3.05, 3.63) is 0 Å². The standard InChI is InChI=1S/C8H15F2NO/c1-8(9,10)6-11-7-3-2-4-12-5-7/h7,11H,2-6H2,1H3. The van der Waals surface area contributed by atoms with Crippen LogP contribution in [-0.2, 0) is 4.74 Å². The summed E-state index contributed by atoms with van der Waals surface area (Å²) in [5, 5.41) is 2.79. The molecular weight excluding hydrogens is 164 g/mol. The molecule has 1 unspecified atom stereocenters. The van der Waals surface area contributed by atoms with Crippen LogP contribution in [0.1, 0.15) is 19.8 Å². The smallest absolute Gasteiger partial charge is 0.257 e. The minimum absolute atomic E-state index is 0.115. The highest BCUT2D eigenvalue weighted by atomic mass is 19.3. The molecule has 0 bridgehead atoms. The maximum Gasteiger partial charge on any atom is 0.257 e. The van der Waals surface area contributed by atoms with Crippen molar-refractivity contribution in [1.82, 2.24) is 5.32 Å². The Morgan fingerprint density at radius 3 is 2.83 bits per heavy atom. The van der Waals surface area contributed by atoms with Gasteiger partial charge in [0.2, 0.25) is 0 Å². The van der Waals surface area contributed by atoms with Crippen LogP contribution < -0.4 is 5.32 Å². The molecule has 1 fully saturated rings. The Kier molecular flexibility index (Phi) is 3.40. The lowest BCUT2D eigenvalue weighted by Gasteiger charge is -2.24. The van der Waals surface area contributed by atoms with E-state index in [1.807, 2.05) is 0 Å². The fourth-order valence-corrected chi connectivity index (χ4v) is 1.23. The van der Waals surface area contributed by atoms with Gasteiger partial charge in [0.05, 0.1) is 13.2 Å². The van der Waals surface area contributed by atoms with Crippen LogP contribution >= 0.6 is 0 Å². The molecule has 1 heterocycles. The molecule has 12 heavy (non-hydrogen) atoms. The summed E-state index contributed by atoms with van der Waals surface area (Å²) in [6.45, 7) is 2.00. The molecule has 0 aromatic heterocycles. The predicted molar refractivity (Wildman–Crippen MR) is 42.5 cm³/mol. The first-order valence-corrected chi connectivity index (χ1v) is 4.27. The van der Waals surface area contributed by atoms with E-state index < -0.39 is 5.92 Å². The number of ether oxygens (including phenoxy) is 1. The van der Waals surface area contributed by atoms with E-state index in [1.54, 1.807) is 0 Å². The quantitative estimate of drug-likeness (QED) is 0.707. The summed E-state index contributed by atoms with van der Waals surface area (Å²) in [6.07, 6.45) is 1.91. The SMILES string of the molecule is CC(F)(F)CNC1CCCOC1. The summed E-state index contributed by atoms with van der Waals surface area (Å²) in [6, 6.07) is 0.115. The molecule has 1 aliphatic rings. The van der Waals surface area contributed by atoms with Gasteiger partial charge in [-0.25, -0.2) is 8.78 Å². The van der Waals surface area contributed by atoms with Gasteiger partial charge in [0, 0.05) is 19.6 Å². The third-order valence-corrected chi connectivity index (χ3v) is 1.86. The predicted octanol–water partition coefficient (Wildman–Crippen LogP) is 1.41. The second-order valence-electron chi connectivity index (χ2n) is 3.37. The van der Waals surface area contributed by atoms with Crippen LogP contribution in [0.25, 0.3) is 0 Å². The molecule has 1 rings (SSSR count). The lowest BCUT2D eigenvalue weighted by Crippen LogP contribution is -2.42. The monoisotopic (exact) mass is 179 g/mol. The zero-order valence-corrected chi connectivity index (χ0v) is 7.28. The maximum atomic E-state index is 12.4. The molecule has 4 heteroatoms. The molecule has 0 aromatic rings. The van der Waals surface area contributed by atoms with Gasteiger partial charge in [-0.3, -0.25) is 0 Å². The molecule has 0 spiro atoms. The lowest BCUT2D eigenvalue weighted by atomic mass is 10.1. The first kappa shape index (κ1) is 9.86. The molecule has 0 aromatic carbocycles. The average Bonchev–Trinajstić information content (AvgIpc) is 2.02. The Bertz CT molecular complexity index is 130. The van der Waals surface area contributed by atoms with E-state index in [-0.39, 0.29) is 12.6 Å². The van der Waals surface area contributed by atoms with Crippen LogP contribution in [0.4, 0.5) is 8.78 Å². The van der Waals surface area contributed by atoms with Gasteiger partial charge in [0.25, 0.3) is 5.92 Å². The maximum absolute atomic E-state index is 12.4. The summed E-state index contributed by atoms with van der Waals surface area (Å²) in [7, 11) is 0. The van der Waals surface area contributed by atoms with Crippen molar-refractivity contribution in [2.45, 2.75) is 31.7 Å². The molecule has 2 nitrogen and oxygen atoms in total. The van der Waals surface area contributed by atoms with E-state index in [0.29, 0.717) is 6.61 Å². The molecule has 1 atom stereocenters. The van der Waals surface area contributed by atoms with Crippen molar-refractivity contribution in [2.24, 2.45) is 0 Å². The van der Waals surface area contributed by atoms with Gasteiger partial charge >= 0.3 is 0 Å². The number of rotatable bonds is 3. The van der Waals surface area contributed by atoms with Crippen molar-refractivity contribution in [3.63, 3.8) is 0 Å². The van der Waals surface area contributed by atoms with Crippen LogP contribution in [0.15, 0.2) is 0 Å². The molecule has 0 radical (unpaired) electrons. The number of hydrogen-bond donors (Lipinski definition) is 1. The van der Waals surface area contributed by atoms with E-state index in [0.717, 1.165) is 26.4 Å². The third kappa shape index (κ3) is 3.97. The van der Waals surface area contributed by atoms with Crippen LogP contribution in [0.3, 0.4) is 0 Å². The van der Waals surface area contributed by atoms with Crippen molar-refractivity contribution in [1.29, 1.82) is 0 Å². The minimum Gasteiger partial charge on any atom is -0.380 e. The molecule has 0 amide bonds. The summed E-state index contributed by atoms with van der Waals surface area (Å²) in [5.74, 6) is -2.61. The zero-order valence-electron chi connectivity index (χ0n) is 7.28. The van der Waals surface area contributed by atoms with Crippen molar-refractivity contribution in [2.75, 3.05) is 19.8 Å². The van der Waals surface area contributed by atoms with E-state index in [2.05, 4.69) is 5.32 Å². The van der Waals surface area contributed by atoms with Gasteiger partial charge in [-0.1, -0.05) is 0 Å². The number of alkyl halides is 2. The van der Waals surface area contributed by atoms with E-state index >= 15 is 0 Å². The van der Waals surface area contributed by atoms with E-state index in [9.17, 15) is 8.78 Å². The topological polar surface area (TPSA) is 21.3 Å². The second-order valence-corrected chi connectivity index (χ2v) is 3.37. The average molecular weight is 179 g/mol. The van der Waals surface area contributed by atoms with Crippen LogP contribution in [-0.4, -0.2) is 31.7 Å². The normalized spacial score (nSPS) is 25.8. The molecule has 0 aliphatic carbocycles. The van der Waals surface area contributed by atoms with Crippen LogP contribution in [0.2, 0.25) is 0 Å². The Morgan fingerprint density at radius 2 is 2.33 bits per heavy atom. The third-order valence-electron chi connectivity index (χ3n) is 1.86. The Hall–Kier alpha value is -0.220. The van der Waals surface area contributed by atoms with Crippen LogP contribution in [0.5, 0.6) is 0 Å². The number of hydrogen-bond acceptors (Lipinski definition) is 2. The van der Waals surface area contributed by atoms with Crippen molar-refractivity contribution in [3.8, 4) is 0 Å². The van der Waals surface area contributed by atoms with Crippen LogP contribution in [0, 0.1) is 0 Å². The fraction of sp³-hybridized carbons (Fsp3) is 1.00. The minimum atomic E-state index is -2.61. The Morgan fingerprint density at radius 1 is 1.58 bits per heavy atom. The number of halogens is 2. The van der Waals surface area contributed by atoms with Gasteiger partial charge in [0.1, 0.15) is 0 Å². The zero-order chi connectivity index (χ0) is 9.03. The fourth-order valence-electron chi connectivity index (χ4n) is 1.23. The van der Waals surface area contributed by atoms with E-state index in [4.69, 9.17) is 4.74 Å². The Labute approximate surface area is 71.3 Å². The highest BCUT2D eigenvalue weighted by Crippen LogP contribution is 2.11. The molecular formula is C8H15F2NO. The van der Waals surface area contributed by atoms with Gasteiger partial charge in [-0.2, -0.15) is 0 Å². The first-order chi connectivity index (χ1) is 5.58. The molecule has 0 saturated carbocycles. The highest BCUT2D eigenvalue weighted by molar-refractivity contribution is 4.73. The van der Waals surface area contributed by atoms with Gasteiger partial charge in [-0.05, 0) is 12.8 Å². The molecule has 1 saturated heterocycles. The van der Waals surface area contributed by atoms with Gasteiger partial charge < -0.3 is 10.1 Å². The van der Waals surface area contributed by atoms with Gasteiger partial charge in [-0.15, -0.1) is 0 Å².